The van der Waals surface area contributed by atoms with Crippen LogP contribution >= 0.6 is 0 Å². The summed E-state index contributed by atoms with van der Waals surface area (Å²) in [5, 5.41) is 0.589. The molecular weight excluding hydrogens is 423 g/mol. The van der Waals surface area contributed by atoms with Crippen molar-refractivity contribution in [1.29, 1.82) is 0 Å². The van der Waals surface area contributed by atoms with Gasteiger partial charge in [-0.25, -0.2) is 0 Å². The van der Waals surface area contributed by atoms with Crippen molar-refractivity contribution in [3.8, 4) is 11.3 Å². The van der Waals surface area contributed by atoms with E-state index in [9.17, 15) is 17.6 Å². The summed E-state index contributed by atoms with van der Waals surface area (Å²) in [5.74, 6) is 0.151. The Morgan fingerprint density at radius 1 is 0.815 bits per heavy atom. The van der Waals surface area contributed by atoms with Crippen molar-refractivity contribution in [1.82, 2.24) is 0 Å². The maximum absolute atomic E-state index is 13.8. The van der Waals surface area contributed by atoms with Crippen LogP contribution in [-0.2, 0) is 6.18 Å². The van der Waals surface area contributed by atoms with Crippen LogP contribution in [0.3, 0.4) is 0 Å². The van der Waals surface area contributed by atoms with Gasteiger partial charge in [-0.05, 0) is 0 Å². The van der Waals surface area contributed by atoms with Gasteiger partial charge in [-0.2, -0.15) is 0 Å². The van der Waals surface area contributed by atoms with Crippen molar-refractivity contribution in [3.05, 3.63) is 84.2 Å². The summed E-state index contributed by atoms with van der Waals surface area (Å²) in [6.07, 6.45) is -4.40. The number of fused-ring (bicyclic) bond motifs is 1. The van der Waals surface area contributed by atoms with Crippen molar-refractivity contribution in [2.75, 3.05) is 0 Å². The Morgan fingerprint density at radius 2 is 1.59 bits per heavy atom. The normalized spacial score (nSPS) is 11.9. The van der Waals surface area contributed by atoms with E-state index in [1.165, 1.54) is 18.2 Å². The first-order valence-corrected chi connectivity index (χ1v) is 9.76. The standard InChI is InChI=1S/C21H12F4OSe/c22-15-9-10-18-17(12-15)20(19(26-18)13-5-2-1-3-6-13)27-16-8-4-7-14(11-16)21(23,24)25/h1-12H. The summed E-state index contributed by atoms with van der Waals surface area (Å²) in [6, 6.07) is 18.8. The molecule has 0 spiro atoms. The molecule has 4 aromatic rings. The van der Waals surface area contributed by atoms with Gasteiger partial charge in [0.25, 0.3) is 0 Å². The quantitative estimate of drug-likeness (QED) is 0.329. The van der Waals surface area contributed by atoms with Crippen molar-refractivity contribution in [2.24, 2.45) is 0 Å². The van der Waals surface area contributed by atoms with Gasteiger partial charge in [-0.1, -0.05) is 0 Å². The number of benzene rings is 3. The molecule has 0 saturated heterocycles. The molecule has 0 unspecified atom stereocenters. The van der Waals surface area contributed by atoms with Crippen LogP contribution in [0.5, 0.6) is 0 Å². The number of halogens is 4. The topological polar surface area (TPSA) is 13.1 Å². The molecule has 0 radical (unpaired) electrons. The SMILES string of the molecule is Fc1ccc2oc(-c3ccccc3)c([Se]c3cccc(C(F)(F)F)c3)c2c1. The van der Waals surface area contributed by atoms with Crippen molar-refractivity contribution >= 4 is 34.8 Å². The van der Waals surface area contributed by atoms with Crippen molar-refractivity contribution < 1.29 is 22.0 Å². The predicted octanol–water partition coefficient (Wildman–Crippen LogP) is 4.91. The molecular formula is C21H12F4OSe. The van der Waals surface area contributed by atoms with E-state index in [0.29, 0.717) is 21.2 Å². The number of alkyl halides is 3. The van der Waals surface area contributed by atoms with Gasteiger partial charge in [-0.15, -0.1) is 0 Å². The Bertz CT molecular complexity index is 1100. The Hall–Kier alpha value is -2.56. The van der Waals surface area contributed by atoms with E-state index in [0.717, 1.165) is 22.2 Å². The molecule has 1 heterocycles. The van der Waals surface area contributed by atoms with Crippen LogP contribution in [-0.4, -0.2) is 15.0 Å². The minimum atomic E-state index is -4.40. The molecule has 0 saturated carbocycles. The number of furan rings is 1. The van der Waals surface area contributed by atoms with E-state index in [4.69, 9.17) is 4.42 Å². The van der Waals surface area contributed by atoms with Crippen LogP contribution in [0.1, 0.15) is 5.56 Å². The zero-order valence-electron chi connectivity index (χ0n) is 13.8. The summed E-state index contributed by atoms with van der Waals surface area (Å²) < 4.78 is 60.1. The third-order valence-electron chi connectivity index (χ3n) is 4.02. The van der Waals surface area contributed by atoms with E-state index < -0.39 is 32.5 Å². The van der Waals surface area contributed by atoms with E-state index in [1.807, 2.05) is 30.3 Å². The van der Waals surface area contributed by atoms with Gasteiger partial charge in [0, 0.05) is 0 Å². The Kier molecular flexibility index (Phi) is 4.54. The van der Waals surface area contributed by atoms with Gasteiger partial charge < -0.3 is 0 Å². The van der Waals surface area contributed by atoms with E-state index in [-0.39, 0.29) is 0 Å². The summed E-state index contributed by atoms with van der Waals surface area (Å²) >= 11 is -0.495. The Labute approximate surface area is 158 Å². The molecule has 0 fully saturated rings. The molecule has 136 valence electrons. The molecule has 0 bridgehead atoms. The van der Waals surface area contributed by atoms with Crippen LogP contribution in [0.25, 0.3) is 22.3 Å². The van der Waals surface area contributed by atoms with Gasteiger partial charge in [0.1, 0.15) is 0 Å². The molecule has 1 nitrogen and oxygen atoms in total. The first-order valence-electron chi connectivity index (χ1n) is 8.04. The number of hydrogen-bond donors (Lipinski definition) is 0. The van der Waals surface area contributed by atoms with E-state index >= 15 is 0 Å². The van der Waals surface area contributed by atoms with Crippen LogP contribution in [0.2, 0.25) is 0 Å². The fraction of sp³-hybridized carbons (Fsp3) is 0.0476. The number of hydrogen-bond acceptors (Lipinski definition) is 1. The molecule has 0 aliphatic heterocycles. The first kappa shape index (κ1) is 17.8. The summed E-state index contributed by atoms with van der Waals surface area (Å²) in [5.41, 5.74) is 0.624. The molecule has 0 aliphatic carbocycles. The molecule has 1 aromatic heterocycles. The molecule has 6 heteroatoms. The average Bonchev–Trinajstić information content (AvgIpc) is 3.00. The van der Waals surface area contributed by atoms with Gasteiger partial charge in [0.2, 0.25) is 0 Å². The van der Waals surface area contributed by atoms with Crippen molar-refractivity contribution in [2.45, 2.75) is 6.18 Å². The summed E-state index contributed by atoms with van der Waals surface area (Å²) in [6.45, 7) is 0. The second-order valence-corrected chi connectivity index (χ2v) is 8.17. The Morgan fingerprint density at radius 3 is 2.33 bits per heavy atom. The molecule has 0 N–H and O–H groups in total. The zero-order chi connectivity index (χ0) is 19.0. The third kappa shape index (κ3) is 3.64. The fourth-order valence-corrected chi connectivity index (χ4v) is 5.07. The van der Waals surface area contributed by atoms with Gasteiger partial charge in [-0.3, -0.25) is 0 Å². The predicted molar refractivity (Wildman–Crippen MR) is 98.1 cm³/mol. The van der Waals surface area contributed by atoms with Crippen LogP contribution in [0.15, 0.2) is 77.2 Å². The summed E-state index contributed by atoms with van der Waals surface area (Å²) in [4.78, 5) is 0. The second kappa shape index (κ2) is 6.87. The minimum absolute atomic E-state index is 0.413. The van der Waals surface area contributed by atoms with Crippen LogP contribution in [0, 0.1) is 5.82 Å². The van der Waals surface area contributed by atoms with Crippen LogP contribution < -0.4 is 8.92 Å². The Balaban J connectivity index is 1.86. The van der Waals surface area contributed by atoms with Crippen LogP contribution in [0.4, 0.5) is 17.6 Å². The summed E-state index contributed by atoms with van der Waals surface area (Å²) in [7, 11) is 0. The zero-order valence-corrected chi connectivity index (χ0v) is 15.5. The molecule has 0 amide bonds. The van der Waals surface area contributed by atoms with E-state index in [2.05, 4.69) is 0 Å². The van der Waals surface area contributed by atoms with Crippen molar-refractivity contribution in [3.63, 3.8) is 0 Å². The van der Waals surface area contributed by atoms with Gasteiger partial charge >= 0.3 is 159 Å². The fourth-order valence-electron chi connectivity index (χ4n) is 2.78. The molecule has 4 rings (SSSR count). The average molecular weight is 435 g/mol. The van der Waals surface area contributed by atoms with Gasteiger partial charge in [0.15, 0.2) is 0 Å². The second-order valence-electron chi connectivity index (χ2n) is 5.89. The molecule has 0 aliphatic rings. The first-order chi connectivity index (χ1) is 12.9. The maximum atomic E-state index is 13.8. The molecule has 27 heavy (non-hydrogen) atoms. The number of rotatable bonds is 3. The third-order valence-corrected chi connectivity index (χ3v) is 6.33. The van der Waals surface area contributed by atoms with Gasteiger partial charge in [0.05, 0.1) is 0 Å². The molecule has 3 aromatic carbocycles. The monoisotopic (exact) mass is 436 g/mol. The molecule has 0 atom stereocenters. The van der Waals surface area contributed by atoms with E-state index in [1.54, 1.807) is 12.1 Å².